The summed E-state index contributed by atoms with van der Waals surface area (Å²) in [6.45, 7) is -1.42. The molecule has 0 saturated heterocycles. The molecule has 0 saturated carbocycles. The molecule has 0 bridgehead atoms. The number of hydrogen-bond acceptors (Lipinski definition) is 5. The van der Waals surface area contributed by atoms with Gasteiger partial charge >= 0.3 is 12.2 Å². The predicted molar refractivity (Wildman–Crippen MR) is 75.0 cm³/mol. The third-order valence-corrected chi connectivity index (χ3v) is 3.05. The molecular weight excluding hydrogens is 321 g/mol. The highest BCUT2D eigenvalue weighted by Crippen LogP contribution is 2.24. The van der Waals surface area contributed by atoms with Crippen molar-refractivity contribution >= 4 is 22.7 Å². The maximum absolute atomic E-state index is 12.0. The zero-order valence-corrected chi connectivity index (χ0v) is 12.1. The molecule has 2 N–H and O–H groups in total. The Bertz CT molecular complexity index is 660. The minimum Gasteiger partial charge on any atom is -0.497 e. The van der Waals surface area contributed by atoms with E-state index in [1.807, 2.05) is 0 Å². The maximum atomic E-state index is 12.0. The summed E-state index contributed by atoms with van der Waals surface area (Å²) in [5.74, 6) is 0.958. The third-order valence-electron chi connectivity index (χ3n) is 2.42. The van der Waals surface area contributed by atoms with Crippen molar-refractivity contribution in [3.8, 4) is 17.1 Å². The molecule has 22 heavy (non-hydrogen) atoms. The summed E-state index contributed by atoms with van der Waals surface area (Å²) in [7, 11) is 1.52. The Morgan fingerprint density at radius 1 is 1.41 bits per heavy atom. The van der Waals surface area contributed by atoms with Crippen molar-refractivity contribution in [1.82, 2.24) is 14.7 Å². The largest absolute Gasteiger partial charge is 0.497 e. The Hall–Kier alpha value is -2.36. The average Bonchev–Trinajstić information content (AvgIpc) is 2.93. The van der Waals surface area contributed by atoms with E-state index in [2.05, 4.69) is 14.7 Å². The van der Waals surface area contributed by atoms with Crippen LogP contribution in [0.15, 0.2) is 24.3 Å². The van der Waals surface area contributed by atoms with Gasteiger partial charge in [-0.1, -0.05) is 12.1 Å². The van der Waals surface area contributed by atoms with E-state index in [0.29, 0.717) is 17.1 Å². The molecule has 1 aromatic carbocycles. The topological polar surface area (TPSA) is 76.1 Å². The fourth-order valence-corrected chi connectivity index (χ4v) is 2.06. The second kappa shape index (κ2) is 6.60. The molecule has 0 aliphatic carbocycles. The summed E-state index contributed by atoms with van der Waals surface area (Å²) in [4.78, 5) is 15.3. The van der Waals surface area contributed by atoms with Crippen molar-refractivity contribution in [2.24, 2.45) is 0 Å². The van der Waals surface area contributed by atoms with Crippen LogP contribution in [-0.2, 0) is 0 Å². The molecule has 0 fully saturated rings. The number of ether oxygens (including phenoxy) is 1. The van der Waals surface area contributed by atoms with Crippen molar-refractivity contribution in [2.75, 3.05) is 19.0 Å². The van der Waals surface area contributed by atoms with Gasteiger partial charge in [0, 0.05) is 17.1 Å². The highest BCUT2D eigenvalue weighted by molar-refractivity contribution is 7.10. The van der Waals surface area contributed by atoms with Crippen LogP contribution in [-0.4, -0.2) is 35.2 Å². The lowest BCUT2D eigenvalue weighted by Gasteiger charge is -2.07. The van der Waals surface area contributed by atoms with Crippen LogP contribution in [0.1, 0.15) is 0 Å². The van der Waals surface area contributed by atoms with E-state index >= 15 is 0 Å². The van der Waals surface area contributed by atoms with E-state index in [9.17, 15) is 18.0 Å². The molecular formula is C12H11F3N4O2S. The molecule has 2 aromatic rings. The van der Waals surface area contributed by atoms with Gasteiger partial charge in [0.15, 0.2) is 5.82 Å². The molecule has 10 heteroatoms. The zero-order valence-electron chi connectivity index (χ0n) is 11.3. The van der Waals surface area contributed by atoms with Gasteiger partial charge in [-0.25, -0.2) is 4.79 Å². The van der Waals surface area contributed by atoms with Gasteiger partial charge in [-0.15, -0.1) is 0 Å². The van der Waals surface area contributed by atoms with Crippen molar-refractivity contribution in [2.45, 2.75) is 6.18 Å². The van der Waals surface area contributed by atoms with Crippen LogP contribution in [0.4, 0.5) is 23.1 Å². The molecule has 0 unspecified atom stereocenters. The molecule has 2 amide bonds. The highest BCUT2D eigenvalue weighted by Gasteiger charge is 2.27. The number of hydrogen-bond donors (Lipinski definition) is 2. The molecule has 0 aliphatic heterocycles. The lowest BCUT2D eigenvalue weighted by atomic mass is 10.2. The first-order valence-corrected chi connectivity index (χ1v) is 6.74. The quantitative estimate of drug-likeness (QED) is 0.903. The Labute approximate surface area is 127 Å². The van der Waals surface area contributed by atoms with Crippen molar-refractivity contribution in [3.05, 3.63) is 24.3 Å². The van der Waals surface area contributed by atoms with Gasteiger partial charge in [-0.05, 0) is 12.1 Å². The van der Waals surface area contributed by atoms with Crippen LogP contribution >= 0.6 is 11.5 Å². The van der Waals surface area contributed by atoms with Gasteiger partial charge in [0.1, 0.15) is 12.3 Å². The van der Waals surface area contributed by atoms with Crippen LogP contribution < -0.4 is 15.4 Å². The second-order valence-corrected chi connectivity index (χ2v) is 4.83. The van der Waals surface area contributed by atoms with Crippen LogP contribution in [0, 0.1) is 0 Å². The van der Waals surface area contributed by atoms with Crippen molar-refractivity contribution in [3.63, 3.8) is 0 Å². The maximum Gasteiger partial charge on any atom is 0.405 e. The fraction of sp³-hybridized carbons (Fsp3) is 0.250. The first-order valence-electron chi connectivity index (χ1n) is 5.97. The Morgan fingerprint density at radius 2 is 2.18 bits per heavy atom. The van der Waals surface area contributed by atoms with E-state index in [4.69, 9.17) is 4.74 Å². The second-order valence-electron chi connectivity index (χ2n) is 4.08. The molecule has 0 spiro atoms. The monoisotopic (exact) mass is 332 g/mol. The van der Waals surface area contributed by atoms with E-state index in [0.717, 1.165) is 11.5 Å². The molecule has 6 nitrogen and oxygen atoms in total. The molecule has 1 aromatic heterocycles. The van der Waals surface area contributed by atoms with Gasteiger partial charge in [0.05, 0.1) is 7.11 Å². The van der Waals surface area contributed by atoms with E-state index in [1.165, 1.54) is 7.11 Å². The van der Waals surface area contributed by atoms with Gasteiger partial charge < -0.3 is 10.1 Å². The summed E-state index contributed by atoms with van der Waals surface area (Å²) in [5, 5.41) is 3.97. The van der Waals surface area contributed by atoms with Gasteiger partial charge in [0.25, 0.3) is 0 Å². The van der Waals surface area contributed by atoms with Gasteiger partial charge in [-0.2, -0.15) is 22.5 Å². The lowest BCUT2D eigenvalue weighted by molar-refractivity contribution is -0.122. The van der Waals surface area contributed by atoms with Gasteiger partial charge in [-0.3, -0.25) is 5.32 Å². The van der Waals surface area contributed by atoms with Crippen LogP contribution in [0.3, 0.4) is 0 Å². The molecule has 0 radical (unpaired) electrons. The standard InChI is InChI=1S/C12H11F3N4O2S/c1-21-8-4-2-3-7(5-8)9-17-11(22-19-9)18-10(20)16-6-12(13,14)15/h2-5H,6H2,1H3,(H2,16,17,18,19,20). The number of anilines is 1. The number of nitrogens with zero attached hydrogens (tertiary/aromatic N) is 2. The van der Waals surface area contributed by atoms with Gasteiger partial charge in [0.2, 0.25) is 5.13 Å². The van der Waals surface area contributed by atoms with E-state index < -0.39 is 18.8 Å². The Balaban J connectivity index is 2.00. The summed E-state index contributed by atoms with van der Waals surface area (Å²) in [5.41, 5.74) is 0.666. The Morgan fingerprint density at radius 3 is 2.86 bits per heavy atom. The Kier molecular flexibility index (Phi) is 4.81. The number of aromatic nitrogens is 2. The summed E-state index contributed by atoms with van der Waals surface area (Å²) < 4.78 is 45.0. The van der Waals surface area contributed by atoms with Crippen LogP contribution in [0.5, 0.6) is 5.75 Å². The molecule has 2 rings (SSSR count). The SMILES string of the molecule is COc1cccc(-c2nsc(NC(=O)NCC(F)(F)F)n2)c1. The third kappa shape index (κ3) is 4.58. The molecule has 118 valence electrons. The number of rotatable bonds is 4. The summed E-state index contributed by atoms with van der Waals surface area (Å²) in [6.07, 6.45) is -4.47. The fourth-order valence-electron chi connectivity index (χ4n) is 1.48. The predicted octanol–water partition coefficient (Wildman–Crippen LogP) is 2.90. The molecule has 0 atom stereocenters. The number of urea groups is 1. The zero-order chi connectivity index (χ0) is 16.2. The van der Waals surface area contributed by atoms with E-state index in [1.54, 1.807) is 29.6 Å². The number of nitrogens with one attached hydrogen (secondary N) is 2. The number of methoxy groups -OCH3 is 1. The smallest absolute Gasteiger partial charge is 0.405 e. The number of halogens is 3. The highest BCUT2D eigenvalue weighted by atomic mass is 32.1. The normalized spacial score (nSPS) is 11.1. The first kappa shape index (κ1) is 16.0. The lowest BCUT2D eigenvalue weighted by Crippen LogP contribution is -2.36. The minimum absolute atomic E-state index is 0.0949. The summed E-state index contributed by atoms with van der Waals surface area (Å²) >= 11 is 0.864. The number of amides is 2. The number of alkyl halides is 3. The first-order chi connectivity index (χ1) is 10.4. The summed E-state index contributed by atoms with van der Waals surface area (Å²) in [6, 6.07) is 5.96. The minimum atomic E-state index is -4.47. The van der Waals surface area contributed by atoms with Crippen LogP contribution in [0.25, 0.3) is 11.4 Å². The number of carbonyl (C=O) groups excluding carboxylic acids is 1. The number of carbonyl (C=O) groups is 1. The van der Waals surface area contributed by atoms with Crippen molar-refractivity contribution in [1.29, 1.82) is 0 Å². The van der Waals surface area contributed by atoms with E-state index in [-0.39, 0.29) is 5.13 Å². The molecule has 1 heterocycles. The molecule has 0 aliphatic rings. The van der Waals surface area contributed by atoms with Crippen LogP contribution in [0.2, 0.25) is 0 Å². The number of benzene rings is 1. The van der Waals surface area contributed by atoms with Crippen molar-refractivity contribution < 1.29 is 22.7 Å². The average molecular weight is 332 g/mol.